The van der Waals surface area contributed by atoms with Crippen molar-refractivity contribution >= 4 is 29.4 Å². The molecule has 160 valence electrons. The van der Waals surface area contributed by atoms with Crippen LogP contribution in [0.1, 0.15) is 30.5 Å². The first-order valence-electron chi connectivity index (χ1n) is 10.0. The predicted molar refractivity (Wildman–Crippen MR) is 117 cm³/mol. The highest BCUT2D eigenvalue weighted by Gasteiger charge is 2.29. The predicted octanol–water partition coefficient (Wildman–Crippen LogP) is 4.28. The van der Waals surface area contributed by atoms with Gasteiger partial charge < -0.3 is 20.1 Å². The van der Waals surface area contributed by atoms with Crippen molar-refractivity contribution in [3.05, 3.63) is 58.1 Å². The molecule has 0 aromatic heterocycles. The SMILES string of the molecule is Cc1cc(OC(=O)OCC(C)C)cc(Cl)c1C[C@@H](N)C(=O)N1CCc2ccccc21. The van der Waals surface area contributed by atoms with E-state index in [1.54, 1.807) is 17.0 Å². The molecule has 2 N–H and O–H groups in total. The summed E-state index contributed by atoms with van der Waals surface area (Å²) in [6.07, 6.45) is 0.347. The molecule has 7 heteroatoms. The molecule has 0 fully saturated rings. The number of halogens is 1. The van der Waals surface area contributed by atoms with Crippen LogP contribution in [0.2, 0.25) is 5.02 Å². The molecule has 1 atom stereocenters. The molecular weight excluding hydrogens is 404 g/mol. The Bertz CT molecular complexity index is 922. The van der Waals surface area contributed by atoms with Gasteiger partial charge in [-0.25, -0.2) is 4.79 Å². The maximum atomic E-state index is 12.9. The van der Waals surface area contributed by atoms with Crippen molar-refractivity contribution in [3.63, 3.8) is 0 Å². The van der Waals surface area contributed by atoms with E-state index in [2.05, 4.69) is 0 Å². The van der Waals surface area contributed by atoms with Gasteiger partial charge in [0.05, 0.1) is 12.6 Å². The van der Waals surface area contributed by atoms with Gasteiger partial charge in [0.25, 0.3) is 0 Å². The second kappa shape index (κ2) is 9.49. The zero-order valence-corrected chi connectivity index (χ0v) is 18.2. The van der Waals surface area contributed by atoms with Crippen LogP contribution in [0.3, 0.4) is 0 Å². The summed E-state index contributed by atoms with van der Waals surface area (Å²) >= 11 is 6.42. The number of hydrogen-bond acceptors (Lipinski definition) is 5. The number of rotatable bonds is 6. The lowest BCUT2D eigenvalue weighted by atomic mass is 10.00. The van der Waals surface area contributed by atoms with Gasteiger partial charge in [-0.1, -0.05) is 43.6 Å². The first-order valence-corrected chi connectivity index (χ1v) is 10.4. The third-order valence-corrected chi connectivity index (χ3v) is 5.36. The fourth-order valence-electron chi connectivity index (χ4n) is 3.49. The third-order valence-electron chi connectivity index (χ3n) is 5.02. The van der Waals surface area contributed by atoms with E-state index in [4.69, 9.17) is 26.8 Å². The zero-order chi connectivity index (χ0) is 21.8. The smallest absolute Gasteiger partial charge is 0.434 e. The topological polar surface area (TPSA) is 81.9 Å². The van der Waals surface area contributed by atoms with E-state index in [1.165, 1.54) is 0 Å². The molecule has 0 bridgehead atoms. The van der Waals surface area contributed by atoms with E-state index in [-0.39, 0.29) is 18.4 Å². The molecular formula is C23H27ClN2O4. The van der Waals surface area contributed by atoms with Crippen molar-refractivity contribution in [3.8, 4) is 5.75 Å². The lowest BCUT2D eigenvalue weighted by Gasteiger charge is -2.22. The second-order valence-corrected chi connectivity index (χ2v) is 8.34. The summed E-state index contributed by atoms with van der Waals surface area (Å²) in [5.74, 6) is 0.378. The van der Waals surface area contributed by atoms with Crippen molar-refractivity contribution in [2.75, 3.05) is 18.1 Å². The van der Waals surface area contributed by atoms with Gasteiger partial charge in [-0.05, 0) is 60.6 Å². The minimum absolute atomic E-state index is 0.131. The molecule has 0 radical (unpaired) electrons. The zero-order valence-electron chi connectivity index (χ0n) is 17.5. The standard InChI is InChI=1S/C23H27ClN2O4/c1-14(2)13-29-23(28)30-17-10-15(3)18(19(24)11-17)12-20(25)22(27)26-9-8-16-6-4-5-7-21(16)26/h4-7,10-11,14,20H,8-9,12-13,25H2,1-3H3/t20-/m1/s1. The van der Waals surface area contributed by atoms with Gasteiger partial charge in [0.1, 0.15) is 5.75 Å². The Morgan fingerprint density at radius 1 is 1.23 bits per heavy atom. The molecule has 0 unspecified atom stereocenters. The number of amides is 1. The van der Waals surface area contributed by atoms with Crippen molar-refractivity contribution in [2.45, 2.75) is 39.7 Å². The maximum Gasteiger partial charge on any atom is 0.513 e. The van der Waals surface area contributed by atoms with E-state index in [1.807, 2.05) is 45.0 Å². The lowest BCUT2D eigenvalue weighted by Crippen LogP contribution is -2.44. The first kappa shape index (κ1) is 22.1. The van der Waals surface area contributed by atoms with Gasteiger partial charge in [-0.15, -0.1) is 0 Å². The number of carbonyl (C=O) groups is 2. The highest BCUT2D eigenvalue weighted by molar-refractivity contribution is 6.31. The van der Waals surface area contributed by atoms with Crippen molar-refractivity contribution < 1.29 is 19.1 Å². The van der Waals surface area contributed by atoms with Crippen LogP contribution in [0.25, 0.3) is 0 Å². The Morgan fingerprint density at radius 3 is 2.67 bits per heavy atom. The van der Waals surface area contributed by atoms with Crippen LogP contribution in [-0.4, -0.2) is 31.3 Å². The number of hydrogen-bond donors (Lipinski definition) is 1. The molecule has 2 aromatic carbocycles. The summed E-state index contributed by atoms with van der Waals surface area (Å²) in [6, 6.07) is 10.4. The monoisotopic (exact) mass is 430 g/mol. The molecule has 1 aliphatic heterocycles. The summed E-state index contributed by atoms with van der Waals surface area (Å²) in [5, 5.41) is 0.395. The molecule has 6 nitrogen and oxygen atoms in total. The van der Waals surface area contributed by atoms with Crippen LogP contribution in [0, 0.1) is 12.8 Å². The van der Waals surface area contributed by atoms with E-state index in [0.717, 1.165) is 28.8 Å². The van der Waals surface area contributed by atoms with Crippen molar-refractivity contribution in [1.82, 2.24) is 0 Å². The first-order chi connectivity index (χ1) is 14.3. The minimum Gasteiger partial charge on any atom is -0.434 e. The van der Waals surface area contributed by atoms with Gasteiger partial charge in [0.15, 0.2) is 0 Å². The number of benzene rings is 2. The van der Waals surface area contributed by atoms with Crippen LogP contribution >= 0.6 is 11.6 Å². The minimum atomic E-state index is -0.772. The van der Waals surface area contributed by atoms with Gasteiger partial charge in [0, 0.05) is 17.3 Å². The number of para-hydroxylation sites is 1. The van der Waals surface area contributed by atoms with Crippen LogP contribution in [0.15, 0.2) is 36.4 Å². The number of nitrogens with two attached hydrogens (primary N) is 1. The average Bonchev–Trinajstić information content (AvgIpc) is 3.12. The van der Waals surface area contributed by atoms with E-state index in [9.17, 15) is 9.59 Å². The van der Waals surface area contributed by atoms with Crippen LogP contribution in [0.5, 0.6) is 5.75 Å². The number of anilines is 1. The van der Waals surface area contributed by atoms with Gasteiger partial charge in [-0.2, -0.15) is 0 Å². The second-order valence-electron chi connectivity index (χ2n) is 7.94. The molecule has 1 aliphatic rings. The van der Waals surface area contributed by atoms with Crippen molar-refractivity contribution in [2.24, 2.45) is 11.7 Å². The van der Waals surface area contributed by atoms with E-state index >= 15 is 0 Å². The van der Waals surface area contributed by atoms with E-state index < -0.39 is 12.2 Å². The van der Waals surface area contributed by atoms with E-state index in [0.29, 0.717) is 23.7 Å². The summed E-state index contributed by atoms with van der Waals surface area (Å²) in [5.41, 5.74) is 9.88. The molecule has 0 aliphatic carbocycles. The molecule has 0 saturated heterocycles. The quantitative estimate of drug-likeness (QED) is 0.546. The largest absolute Gasteiger partial charge is 0.513 e. The summed E-state index contributed by atoms with van der Waals surface area (Å²) in [7, 11) is 0. The molecule has 1 amide bonds. The molecule has 2 aromatic rings. The highest BCUT2D eigenvalue weighted by atomic mass is 35.5. The molecule has 3 rings (SSSR count). The number of fused-ring (bicyclic) bond motifs is 1. The third kappa shape index (κ3) is 5.12. The number of ether oxygens (including phenoxy) is 2. The maximum absolute atomic E-state index is 12.9. The fourth-order valence-corrected chi connectivity index (χ4v) is 3.83. The van der Waals surface area contributed by atoms with Gasteiger partial charge in [-0.3, -0.25) is 4.79 Å². The number of carbonyl (C=O) groups excluding carboxylic acids is 2. The van der Waals surface area contributed by atoms with Gasteiger partial charge in [0.2, 0.25) is 5.91 Å². The molecule has 0 spiro atoms. The number of nitrogens with zero attached hydrogens (tertiary/aromatic N) is 1. The summed E-state index contributed by atoms with van der Waals surface area (Å²) in [4.78, 5) is 26.5. The number of aryl methyl sites for hydroxylation is 1. The Kier molecular flexibility index (Phi) is 7.00. The average molecular weight is 431 g/mol. The molecule has 30 heavy (non-hydrogen) atoms. The summed E-state index contributed by atoms with van der Waals surface area (Å²) < 4.78 is 10.2. The Labute approximate surface area is 181 Å². The summed E-state index contributed by atoms with van der Waals surface area (Å²) in [6.45, 7) is 6.63. The Hall–Kier alpha value is -2.57. The Balaban J connectivity index is 1.68. The highest BCUT2D eigenvalue weighted by Crippen LogP contribution is 2.30. The molecule has 1 heterocycles. The Morgan fingerprint density at radius 2 is 1.97 bits per heavy atom. The van der Waals surface area contributed by atoms with Crippen LogP contribution < -0.4 is 15.4 Å². The van der Waals surface area contributed by atoms with Crippen LogP contribution in [0.4, 0.5) is 10.5 Å². The van der Waals surface area contributed by atoms with Crippen LogP contribution in [-0.2, 0) is 22.4 Å². The fraction of sp³-hybridized carbons (Fsp3) is 0.391. The van der Waals surface area contributed by atoms with Crippen molar-refractivity contribution in [1.29, 1.82) is 0 Å². The molecule has 0 saturated carbocycles. The lowest BCUT2D eigenvalue weighted by molar-refractivity contribution is -0.119. The van der Waals surface area contributed by atoms with Gasteiger partial charge >= 0.3 is 6.16 Å². The normalized spacial score (nSPS) is 13.9.